The fourth-order valence-electron chi connectivity index (χ4n) is 3.21. The molecule has 1 amide bonds. The minimum absolute atomic E-state index is 0.00841. The number of amides is 1. The van der Waals surface area contributed by atoms with E-state index in [0.29, 0.717) is 12.6 Å². The lowest BCUT2D eigenvalue weighted by Crippen LogP contribution is -2.48. The molecule has 1 aliphatic heterocycles. The van der Waals surface area contributed by atoms with Gasteiger partial charge in [-0.25, -0.2) is 0 Å². The minimum Gasteiger partial charge on any atom is -0.353 e. The lowest BCUT2D eigenvalue weighted by atomic mass is 10.0. The number of nitrogens with zero attached hydrogens (tertiary/aromatic N) is 1. The minimum atomic E-state index is 0.00841. The summed E-state index contributed by atoms with van der Waals surface area (Å²) >= 11 is 0. The molecule has 4 nitrogen and oxygen atoms in total. The molecule has 1 aromatic carbocycles. The molecular weight excluding hydrogens is 274 g/mol. The zero-order valence-electron chi connectivity index (χ0n) is 13.8. The highest BCUT2D eigenvalue weighted by Crippen LogP contribution is 2.10. The predicted molar refractivity (Wildman–Crippen MR) is 90.9 cm³/mol. The number of nitrogens with one attached hydrogen (secondary N) is 2. The molecule has 2 atom stereocenters. The summed E-state index contributed by atoms with van der Waals surface area (Å²) in [6.45, 7) is 8.05. The van der Waals surface area contributed by atoms with Crippen molar-refractivity contribution in [3.05, 3.63) is 35.9 Å². The Kier molecular flexibility index (Phi) is 6.87. The average Bonchev–Trinajstić information content (AvgIpc) is 3.08. The number of hydrogen-bond acceptors (Lipinski definition) is 3. The van der Waals surface area contributed by atoms with Crippen LogP contribution in [-0.2, 0) is 11.2 Å². The van der Waals surface area contributed by atoms with Crippen LogP contribution >= 0.6 is 0 Å². The summed E-state index contributed by atoms with van der Waals surface area (Å²) in [5.74, 6) is 0.155. The van der Waals surface area contributed by atoms with Crippen molar-refractivity contribution < 1.29 is 4.79 Å². The second-order valence-corrected chi connectivity index (χ2v) is 5.96. The van der Waals surface area contributed by atoms with Gasteiger partial charge in [-0.1, -0.05) is 44.2 Å². The number of carbonyl (C=O) groups excluding carboxylic acids is 1. The maximum absolute atomic E-state index is 12.2. The van der Waals surface area contributed by atoms with Crippen LogP contribution in [-0.4, -0.2) is 49.1 Å². The molecule has 1 aliphatic rings. The van der Waals surface area contributed by atoms with Gasteiger partial charge in [0.05, 0.1) is 6.04 Å². The molecule has 0 bridgehead atoms. The van der Waals surface area contributed by atoms with E-state index < -0.39 is 0 Å². The van der Waals surface area contributed by atoms with Crippen molar-refractivity contribution in [3.63, 3.8) is 0 Å². The van der Waals surface area contributed by atoms with Crippen LogP contribution in [0.25, 0.3) is 0 Å². The van der Waals surface area contributed by atoms with Gasteiger partial charge in [0.2, 0.25) is 5.91 Å². The van der Waals surface area contributed by atoms with Crippen molar-refractivity contribution in [2.45, 2.75) is 45.2 Å². The van der Waals surface area contributed by atoms with Crippen LogP contribution in [0.2, 0.25) is 0 Å². The third-order valence-electron chi connectivity index (χ3n) is 4.53. The number of likely N-dealkylation sites (N-methyl/N-ethyl adjacent to an activating group) is 1. The summed E-state index contributed by atoms with van der Waals surface area (Å²) in [6, 6.07) is 10.9. The summed E-state index contributed by atoms with van der Waals surface area (Å²) in [5.41, 5.74) is 1.33. The molecular formula is C18H29N3O. The molecule has 1 heterocycles. The van der Waals surface area contributed by atoms with E-state index in [9.17, 15) is 4.79 Å². The maximum atomic E-state index is 12.2. The van der Waals surface area contributed by atoms with Crippen molar-refractivity contribution in [3.8, 4) is 0 Å². The Morgan fingerprint density at radius 3 is 2.64 bits per heavy atom. The van der Waals surface area contributed by atoms with Crippen molar-refractivity contribution in [1.82, 2.24) is 15.5 Å². The molecule has 2 rings (SSSR count). The van der Waals surface area contributed by atoms with Crippen molar-refractivity contribution in [2.24, 2.45) is 0 Å². The van der Waals surface area contributed by atoms with Gasteiger partial charge in [0.1, 0.15) is 0 Å². The van der Waals surface area contributed by atoms with E-state index >= 15 is 0 Å². The molecule has 0 aliphatic carbocycles. The van der Waals surface area contributed by atoms with Gasteiger partial charge in [0, 0.05) is 12.6 Å². The second-order valence-electron chi connectivity index (χ2n) is 5.96. The third kappa shape index (κ3) is 4.82. The van der Waals surface area contributed by atoms with Crippen LogP contribution < -0.4 is 10.6 Å². The van der Waals surface area contributed by atoms with E-state index in [1.54, 1.807) is 0 Å². The molecule has 0 saturated carbocycles. The van der Waals surface area contributed by atoms with Gasteiger partial charge in [-0.3, -0.25) is 9.69 Å². The van der Waals surface area contributed by atoms with E-state index in [1.807, 2.05) is 6.07 Å². The Morgan fingerprint density at radius 2 is 2.05 bits per heavy atom. The third-order valence-corrected chi connectivity index (χ3v) is 4.53. The molecule has 2 N–H and O–H groups in total. The largest absolute Gasteiger partial charge is 0.353 e. The van der Waals surface area contributed by atoms with E-state index in [0.717, 1.165) is 38.9 Å². The predicted octanol–water partition coefficient (Wildman–Crippen LogP) is 1.81. The van der Waals surface area contributed by atoms with Crippen LogP contribution in [0.5, 0.6) is 0 Å². The fourth-order valence-corrected chi connectivity index (χ4v) is 3.21. The monoisotopic (exact) mass is 303 g/mol. The fraction of sp³-hybridized carbons (Fsp3) is 0.611. The Morgan fingerprint density at radius 1 is 1.32 bits per heavy atom. The smallest absolute Gasteiger partial charge is 0.237 e. The van der Waals surface area contributed by atoms with Crippen LogP contribution in [0, 0.1) is 0 Å². The molecule has 22 heavy (non-hydrogen) atoms. The first-order valence-electron chi connectivity index (χ1n) is 8.53. The van der Waals surface area contributed by atoms with Gasteiger partial charge < -0.3 is 10.6 Å². The number of benzene rings is 1. The Labute approximate surface area is 134 Å². The summed E-state index contributed by atoms with van der Waals surface area (Å²) in [6.07, 6.45) is 3.03. The SMILES string of the molecule is CCN(CC)C(CNC(=O)C1CCCN1)Cc1ccccc1. The number of rotatable bonds is 8. The Bertz CT molecular complexity index is 439. The summed E-state index contributed by atoms with van der Waals surface area (Å²) in [7, 11) is 0. The molecule has 0 spiro atoms. The second kappa shape index (κ2) is 8.91. The average molecular weight is 303 g/mol. The van der Waals surface area contributed by atoms with E-state index in [2.05, 4.69) is 53.6 Å². The first-order valence-corrected chi connectivity index (χ1v) is 8.53. The van der Waals surface area contributed by atoms with Crippen molar-refractivity contribution in [2.75, 3.05) is 26.2 Å². The highest BCUT2D eigenvalue weighted by atomic mass is 16.2. The maximum Gasteiger partial charge on any atom is 0.237 e. The van der Waals surface area contributed by atoms with Crippen LogP contribution in [0.15, 0.2) is 30.3 Å². The molecule has 0 aromatic heterocycles. The summed E-state index contributed by atoms with van der Waals surface area (Å²) in [5, 5.41) is 6.41. The molecule has 2 unspecified atom stereocenters. The number of carbonyl (C=O) groups is 1. The lowest BCUT2D eigenvalue weighted by molar-refractivity contribution is -0.123. The van der Waals surface area contributed by atoms with E-state index in [4.69, 9.17) is 0 Å². The first kappa shape index (κ1) is 17.0. The molecule has 1 fully saturated rings. The van der Waals surface area contributed by atoms with Gasteiger partial charge in [0.15, 0.2) is 0 Å². The highest BCUT2D eigenvalue weighted by Gasteiger charge is 2.23. The van der Waals surface area contributed by atoms with Crippen LogP contribution in [0.4, 0.5) is 0 Å². The standard InChI is InChI=1S/C18H29N3O/c1-3-21(4-2)16(13-15-9-6-5-7-10-15)14-20-18(22)17-11-8-12-19-17/h5-7,9-10,16-17,19H,3-4,8,11-14H2,1-2H3,(H,20,22). The van der Waals surface area contributed by atoms with Gasteiger partial charge in [-0.2, -0.15) is 0 Å². The van der Waals surface area contributed by atoms with Gasteiger partial charge in [-0.15, -0.1) is 0 Å². The number of hydrogen-bond donors (Lipinski definition) is 2. The normalized spacial score (nSPS) is 19.3. The van der Waals surface area contributed by atoms with Crippen LogP contribution in [0.1, 0.15) is 32.3 Å². The Hall–Kier alpha value is -1.39. The summed E-state index contributed by atoms with van der Waals surface area (Å²) < 4.78 is 0. The van der Waals surface area contributed by atoms with E-state index in [1.165, 1.54) is 5.56 Å². The molecule has 122 valence electrons. The van der Waals surface area contributed by atoms with Gasteiger partial charge in [0.25, 0.3) is 0 Å². The van der Waals surface area contributed by atoms with Gasteiger partial charge >= 0.3 is 0 Å². The zero-order valence-corrected chi connectivity index (χ0v) is 13.8. The molecule has 4 heteroatoms. The quantitative estimate of drug-likeness (QED) is 0.770. The first-order chi connectivity index (χ1) is 10.7. The lowest BCUT2D eigenvalue weighted by Gasteiger charge is -2.30. The van der Waals surface area contributed by atoms with Crippen molar-refractivity contribution >= 4 is 5.91 Å². The van der Waals surface area contributed by atoms with E-state index in [-0.39, 0.29) is 11.9 Å². The summed E-state index contributed by atoms with van der Waals surface area (Å²) in [4.78, 5) is 14.6. The molecule has 1 aromatic rings. The van der Waals surface area contributed by atoms with Gasteiger partial charge in [-0.05, 0) is 44.5 Å². The highest BCUT2D eigenvalue weighted by molar-refractivity contribution is 5.82. The zero-order chi connectivity index (χ0) is 15.8. The van der Waals surface area contributed by atoms with Crippen LogP contribution in [0.3, 0.4) is 0 Å². The Balaban J connectivity index is 1.93. The topological polar surface area (TPSA) is 44.4 Å². The molecule has 1 saturated heterocycles. The molecule has 0 radical (unpaired) electrons. The van der Waals surface area contributed by atoms with Crippen molar-refractivity contribution in [1.29, 1.82) is 0 Å².